The number of ether oxygens (including phenoxy) is 3. The summed E-state index contributed by atoms with van der Waals surface area (Å²) >= 11 is 0. The molecule has 0 radical (unpaired) electrons. The van der Waals surface area contributed by atoms with Crippen molar-refractivity contribution in [1.29, 1.82) is 0 Å². The number of nitrogens with two attached hydrogens (primary N) is 1. The summed E-state index contributed by atoms with van der Waals surface area (Å²) in [6.45, 7) is 0.159. The van der Waals surface area contributed by atoms with E-state index >= 15 is 0 Å². The highest BCUT2D eigenvalue weighted by Crippen LogP contribution is 2.47. The van der Waals surface area contributed by atoms with Crippen LogP contribution < -0.4 is 20.5 Å². The van der Waals surface area contributed by atoms with Gasteiger partial charge in [0.15, 0.2) is 12.8 Å². The molecule has 0 aliphatic rings. The molecule has 0 aromatic heterocycles. The minimum absolute atomic E-state index is 0.0375. The largest absolute Gasteiger partial charge is 0.488 e. The van der Waals surface area contributed by atoms with Crippen LogP contribution in [0.25, 0.3) is 32.7 Å². The first-order valence-corrected chi connectivity index (χ1v) is 14.3. The number of anilines is 1. The molecule has 0 aliphatic heterocycles. The zero-order valence-electron chi connectivity index (χ0n) is 24.4. The van der Waals surface area contributed by atoms with E-state index in [2.05, 4.69) is 34.6 Å². The van der Waals surface area contributed by atoms with Crippen LogP contribution in [-0.4, -0.2) is 25.0 Å². The predicted molar refractivity (Wildman–Crippen MR) is 177 cm³/mol. The summed E-state index contributed by atoms with van der Waals surface area (Å²) in [6.07, 6.45) is 0. The monoisotopic (exact) mass is 583 g/mol. The minimum Gasteiger partial charge on any atom is -0.488 e. The molecule has 0 aliphatic carbocycles. The Kier molecular flexibility index (Phi) is 8.68. The third-order valence-corrected chi connectivity index (χ3v) is 7.31. The van der Waals surface area contributed by atoms with Crippen molar-refractivity contribution in [1.82, 2.24) is 0 Å². The molecule has 0 spiro atoms. The second kappa shape index (κ2) is 13.3. The van der Waals surface area contributed by atoms with Crippen molar-refractivity contribution in [3.63, 3.8) is 0 Å². The Morgan fingerprint density at radius 3 is 2.25 bits per heavy atom. The van der Waals surface area contributed by atoms with Crippen molar-refractivity contribution in [3.05, 3.63) is 132 Å². The van der Waals surface area contributed by atoms with Crippen LogP contribution in [0.1, 0.15) is 11.1 Å². The van der Waals surface area contributed by atoms with Crippen LogP contribution >= 0.6 is 0 Å². The molecule has 6 rings (SSSR count). The van der Waals surface area contributed by atoms with E-state index in [1.54, 1.807) is 7.11 Å². The molecule has 220 valence electrons. The van der Waals surface area contributed by atoms with E-state index in [9.17, 15) is 5.11 Å². The zero-order valence-corrected chi connectivity index (χ0v) is 24.4. The number of benzene rings is 6. The number of hydrogen-bond donors (Lipinski definition) is 3. The van der Waals surface area contributed by atoms with Gasteiger partial charge in [0.2, 0.25) is 0 Å². The molecule has 7 nitrogen and oxygen atoms in total. The SMILES string of the molecule is COCOc1c(CO)cc2ccccc2c1-c1c(OCc2cccc(NC(N)=Nc3ccccc3)c2)ccc2ccccc12. The maximum absolute atomic E-state index is 10.4. The number of para-hydroxylation sites is 1. The highest BCUT2D eigenvalue weighted by molar-refractivity contribution is 6.10. The van der Waals surface area contributed by atoms with Crippen molar-refractivity contribution < 1.29 is 19.3 Å². The quantitative estimate of drug-likeness (QED) is 0.0866. The normalized spacial score (nSPS) is 11.5. The van der Waals surface area contributed by atoms with Crippen LogP contribution in [0.15, 0.2) is 126 Å². The van der Waals surface area contributed by atoms with E-state index in [4.69, 9.17) is 19.9 Å². The van der Waals surface area contributed by atoms with Gasteiger partial charge < -0.3 is 30.4 Å². The first kappa shape index (κ1) is 28.7. The molecule has 4 N–H and O–H groups in total. The molecule has 0 saturated heterocycles. The van der Waals surface area contributed by atoms with Crippen LogP contribution in [-0.2, 0) is 18.0 Å². The van der Waals surface area contributed by atoms with Crippen molar-refractivity contribution in [2.45, 2.75) is 13.2 Å². The van der Waals surface area contributed by atoms with Crippen LogP contribution in [0.4, 0.5) is 11.4 Å². The number of aliphatic imine (C=N–C) groups is 1. The van der Waals surface area contributed by atoms with Crippen LogP contribution in [0, 0.1) is 0 Å². The molecule has 0 unspecified atom stereocenters. The average molecular weight is 584 g/mol. The summed E-state index contributed by atoms with van der Waals surface area (Å²) in [5.74, 6) is 1.55. The molecule has 0 bridgehead atoms. The number of nitrogens with one attached hydrogen (secondary N) is 1. The molecule has 0 saturated carbocycles. The van der Waals surface area contributed by atoms with Crippen molar-refractivity contribution in [2.75, 3.05) is 19.2 Å². The van der Waals surface area contributed by atoms with Gasteiger partial charge in [-0.2, -0.15) is 0 Å². The molecule has 0 heterocycles. The van der Waals surface area contributed by atoms with E-state index in [1.807, 2.05) is 97.1 Å². The minimum atomic E-state index is -0.186. The van der Waals surface area contributed by atoms with Crippen molar-refractivity contribution in [2.24, 2.45) is 10.7 Å². The number of fused-ring (bicyclic) bond motifs is 2. The van der Waals surface area contributed by atoms with Crippen molar-refractivity contribution >= 4 is 38.9 Å². The Hall–Kier alpha value is -5.37. The van der Waals surface area contributed by atoms with E-state index < -0.39 is 0 Å². The molecule has 6 aromatic carbocycles. The number of methoxy groups -OCH3 is 1. The highest BCUT2D eigenvalue weighted by Gasteiger charge is 2.22. The maximum Gasteiger partial charge on any atom is 0.198 e. The molecule has 7 heteroatoms. The lowest BCUT2D eigenvalue weighted by Gasteiger charge is -2.21. The lowest BCUT2D eigenvalue weighted by molar-refractivity contribution is 0.0500. The second-order valence-corrected chi connectivity index (χ2v) is 10.3. The van der Waals surface area contributed by atoms with Gasteiger partial charge >= 0.3 is 0 Å². The van der Waals surface area contributed by atoms with Gasteiger partial charge in [-0.3, -0.25) is 0 Å². The summed E-state index contributed by atoms with van der Waals surface area (Å²) in [5, 5.41) is 17.6. The summed E-state index contributed by atoms with van der Waals surface area (Å²) in [6, 6.07) is 39.7. The lowest BCUT2D eigenvalue weighted by Crippen LogP contribution is -2.22. The molecular weight excluding hydrogens is 550 g/mol. The molecular formula is C37H33N3O4. The average Bonchev–Trinajstić information content (AvgIpc) is 3.06. The van der Waals surface area contributed by atoms with Gasteiger partial charge in [-0.05, 0) is 63.5 Å². The fourth-order valence-electron chi connectivity index (χ4n) is 5.38. The van der Waals surface area contributed by atoms with E-state index in [0.29, 0.717) is 29.6 Å². The fraction of sp³-hybridized carbons (Fsp3) is 0.108. The Bertz CT molecular complexity index is 1940. The number of nitrogens with zero attached hydrogens (tertiary/aromatic N) is 1. The predicted octanol–water partition coefficient (Wildman–Crippen LogP) is 7.77. The standard InChI is InChI=1S/C37H33N3O4/c1-42-24-44-36-28(22-41)21-27-12-6-8-17-32(27)35(36)34-31-16-7-5-11-26(31)18-19-33(34)43-23-25-10-9-15-30(20-25)40-37(38)39-29-13-3-2-4-14-29/h2-21,41H,22-24H2,1H3,(H3,38,39,40). The van der Waals surface area contributed by atoms with Gasteiger partial charge in [-0.25, -0.2) is 4.99 Å². The number of guanidine groups is 1. The molecule has 0 amide bonds. The maximum atomic E-state index is 10.4. The molecule has 0 atom stereocenters. The summed E-state index contributed by atoms with van der Waals surface area (Å²) < 4.78 is 18.0. The molecule has 6 aromatic rings. The zero-order chi connectivity index (χ0) is 30.3. The second-order valence-electron chi connectivity index (χ2n) is 10.3. The Morgan fingerprint density at radius 1 is 0.750 bits per heavy atom. The topological polar surface area (TPSA) is 98.3 Å². The Labute approximate surface area is 256 Å². The van der Waals surface area contributed by atoms with Gasteiger partial charge in [-0.1, -0.05) is 84.9 Å². The van der Waals surface area contributed by atoms with Gasteiger partial charge in [0.25, 0.3) is 0 Å². The van der Waals surface area contributed by atoms with Crippen LogP contribution in [0.2, 0.25) is 0 Å². The number of aliphatic hydroxyl groups is 1. The summed E-state index contributed by atoms with van der Waals surface area (Å²) in [5.41, 5.74) is 11.1. The van der Waals surface area contributed by atoms with Crippen molar-refractivity contribution in [3.8, 4) is 22.6 Å². The van der Waals surface area contributed by atoms with E-state index in [1.165, 1.54) is 0 Å². The molecule has 44 heavy (non-hydrogen) atoms. The highest BCUT2D eigenvalue weighted by atomic mass is 16.7. The van der Waals surface area contributed by atoms with Gasteiger partial charge in [0.1, 0.15) is 18.1 Å². The van der Waals surface area contributed by atoms with Gasteiger partial charge in [-0.15, -0.1) is 0 Å². The van der Waals surface area contributed by atoms with Gasteiger partial charge in [0, 0.05) is 29.5 Å². The lowest BCUT2D eigenvalue weighted by atomic mass is 9.90. The summed E-state index contributed by atoms with van der Waals surface area (Å²) in [7, 11) is 1.58. The van der Waals surface area contributed by atoms with E-state index in [0.717, 1.165) is 49.6 Å². The third-order valence-electron chi connectivity index (χ3n) is 7.31. The smallest absolute Gasteiger partial charge is 0.198 e. The third kappa shape index (κ3) is 6.20. The fourth-order valence-corrected chi connectivity index (χ4v) is 5.38. The number of hydrogen-bond acceptors (Lipinski definition) is 5. The number of rotatable bonds is 10. The van der Waals surface area contributed by atoms with Gasteiger partial charge in [0.05, 0.1) is 12.3 Å². The van der Waals surface area contributed by atoms with Crippen LogP contribution in [0.3, 0.4) is 0 Å². The molecule has 0 fully saturated rings. The number of aliphatic hydroxyl groups excluding tert-OH is 1. The first-order chi connectivity index (χ1) is 21.6. The Morgan fingerprint density at radius 2 is 1.48 bits per heavy atom. The summed E-state index contributed by atoms with van der Waals surface area (Å²) in [4.78, 5) is 4.43. The van der Waals surface area contributed by atoms with Crippen LogP contribution in [0.5, 0.6) is 11.5 Å². The first-order valence-electron chi connectivity index (χ1n) is 14.3. The van der Waals surface area contributed by atoms with E-state index in [-0.39, 0.29) is 13.4 Å². The Balaban J connectivity index is 1.40.